The Bertz CT molecular complexity index is 1510. The maximum absolute atomic E-state index is 12.9. The first-order valence-corrected chi connectivity index (χ1v) is 13.4. The molecule has 0 saturated carbocycles. The second kappa shape index (κ2) is 12.7. The highest BCUT2D eigenvalue weighted by Crippen LogP contribution is 2.40. The predicted molar refractivity (Wildman–Crippen MR) is 140 cm³/mol. The van der Waals surface area contributed by atoms with Crippen LogP contribution in [0.4, 0.5) is 18.9 Å². The standard InChI is InChI=1S/C23H22F3N5O2.C2H7O4P/c1-13-8-9-31-18(12-27-19(31)10-13)22(32)28-17-11-16(6-4-14(17)2)21-29-20(33-30-21)7-5-15(3)23(24,25)26;1-5-7(3,4)6-2/h4,6,8-12,15H,5,7H2,1-3H3,(H,28,32);1-2H3,(H,3,4). The van der Waals surface area contributed by atoms with E-state index in [2.05, 4.69) is 29.5 Å². The number of hydrogen-bond donors (Lipinski definition) is 2. The summed E-state index contributed by atoms with van der Waals surface area (Å²) in [4.78, 5) is 29.6. The number of rotatable bonds is 8. The van der Waals surface area contributed by atoms with Gasteiger partial charge in [0.25, 0.3) is 5.91 Å². The highest BCUT2D eigenvalue weighted by molar-refractivity contribution is 7.47. The maximum Gasteiger partial charge on any atom is 0.471 e. The van der Waals surface area contributed by atoms with Gasteiger partial charge < -0.3 is 14.7 Å². The molecule has 11 nitrogen and oxygen atoms in total. The van der Waals surface area contributed by atoms with Gasteiger partial charge in [-0.1, -0.05) is 24.2 Å². The molecule has 40 heavy (non-hydrogen) atoms. The van der Waals surface area contributed by atoms with Crippen LogP contribution in [0, 0.1) is 19.8 Å². The molecule has 15 heteroatoms. The molecule has 1 aromatic carbocycles. The molecule has 3 aromatic heterocycles. The molecule has 0 bridgehead atoms. The zero-order valence-electron chi connectivity index (χ0n) is 22.4. The highest BCUT2D eigenvalue weighted by Gasteiger charge is 2.35. The Hall–Kier alpha value is -3.58. The van der Waals surface area contributed by atoms with Crippen LogP contribution in [-0.2, 0) is 20.0 Å². The van der Waals surface area contributed by atoms with Crippen LogP contribution in [0.15, 0.2) is 47.2 Å². The van der Waals surface area contributed by atoms with Crippen molar-refractivity contribution in [3.63, 3.8) is 0 Å². The van der Waals surface area contributed by atoms with Crippen LogP contribution in [0.2, 0.25) is 0 Å². The zero-order chi connectivity index (χ0) is 29.7. The molecule has 0 spiro atoms. The number of imidazole rings is 1. The normalized spacial score (nSPS) is 12.6. The number of carbonyl (C=O) groups excluding carboxylic acids is 1. The Morgan fingerprint density at radius 2 is 1.90 bits per heavy atom. The number of pyridine rings is 1. The van der Waals surface area contributed by atoms with E-state index in [0.717, 1.165) is 32.3 Å². The van der Waals surface area contributed by atoms with Crippen LogP contribution in [0.5, 0.6) is 0 Å². The number of aryl methyl sites for hydroxylation is 3. The van der Waals surface area contributed by atoms with Crippen LogP contribution < -0.4 is 5.32 Å². The first-order valence-electron chi connectivity index (χ1n) is 11.9. The zero-order valence-corrected chi connectivity index (χ0v) is 23.3. The number of hydrogen-bond acceptors (Lipinski definition) is 8. The largest absolute Gasteiger partial charge is 0.471 e. The minimum Gasteiger partial charge on any atom is -0.339 e. The first kappa shape index (κ1) is 31.0. The number of benzene rings is 1. The summed E-state index contributed by atoms with van der Waals surface area (Å²) in [5.41, 5.74) is 4.04. The van der Waals surface area contributed by atoms with E-state index in [0.29, 0.717) is 22.6 Å². The van der Waals surface area contributed by atoms with Crippen molar-refractivity contribution < 1.29 is 41.0 Å². The Balaban J connectivity index is 0.000000559. The maximum atomic E-state index is 12.9. The molecular weight excluding hydrogens is 554 g/mol. The third-order valence-electron chi connectivity index (χ3n) is 5.92. The summed E-state index contributed by atoms with van der Waals surface area (Å²) >= 11 is 0. The summed E-state index contributed by atoms with van der Waals surface area (Å²) in [7, 11) is -1.45. The van der Waals surface area contributed by atoms with Crippen molar-refractivity contribution >= 4 is 25.1 Å². The molecule has 216 valence electrons. The molecular formula is C25H29F3N5O6P. The number of anilines is 1. The van der Waals surface area contributed by atoms with Crippen LogP contribution in [0.3, 0.4) is 0 Å². The molecule has 0 saturated heterocycles. The van der Waals surface area contributed by atoms with Gasteiger partial charge in [-0.25, -0.2) is 9.55 Å². The quantitative estimate of drug-likeness (QED) is 0.248. The van der Waals surface area contributed by atoms with Gasteiger partial charge in [0.15, 0.2) is 0 Å². The lowest BCUT2D eigenvalue weighted by Crippen LogP contribution is -2.20. The fraction of sp³-hybridized carbons (Fsp3) is 0.360. The van der Waals surface area contributed by atoms with E-state index in [1.807, 2.05) is 26.0 Å². The minimum absolute atomic E-state index is 0.0247. The van der Waals surface area contributed by atoms with E-state index in [1.54, 1.807) is 28.8 Å². The summed E-state index contributed by atoms with van der Waals surface area (Å²) in [5, 5.41) is 6.76. The summed E-state index contributed by atoms with van der Waals surface area (Å²) in [6.45, 7) is 4.91. The summed E-state index contributed by atoms with van der Waals surface area (Å²) in [6, 6.07) is 9.03. The molecule has 1 atom stereocenters. The van der Waals surface area contributed by atoms with Crippen LogP contribution in [0.25, 0.3) is 17.0 Å². The van der Waals surface area contributed by atoms with Gasteiger partial charge >= 0.3 is 14.0 Å². The molecule has 3 heterocycles. The van der Waals surface area contributed by atoms with E-state index < -0.39 is 19.9 Å². The fourth-order valence-electron chi connectivity index (χ4n) is 3.38. The topological polar surface area (TPSA) is 141 Å². The Morgan fingerprint density at radius 3 is 2.52 bits per heavy atom. The van der Waals surface area contributed by atoms with Gasteiger partial charge in [0, 0.05) is 38.1 Å². The molecule has 4 rings (SSSR count). The van der Waals surface area contributed by atoms with Crippen molar-refractivity contribution in [3.05, 3.63) is 65.4 Å². The molecule has 1 unspecified atom stereocenters. The van der Waals surface area contributed by atoms with Crippen molar-refractivity contribution in [2.75, 3.05) is 19.5 Å². The minimum atomic E-state index is -4.26. The molecule has 0 aliphatic heterocycles. The highest BCUT2D eigenvalue weighted by atomic mass is 31.2. The molecule has 4 aromatic rings. The fourth-order valence-corrected chi connectivity index (χ4v) is 3.53. The van der Waals surface area contributed by atoms with Gasteiger partial charge in [0.05, 0.1) is 12.1 Å². The average molecular weight is 584 g/mol. The van der Waals surface area contributed by atoms with Gasteiger partial charge in [-0.3, -0.25) is 18.2 Å². The Kier molecular flexibility index (Phi) is 9.85. The second-order valence-electron chi connectivity index (χ2n) is 8.89. The second-order valence-corrected chi connectivity index (χ2v) is 10.6. The lowest BCUT2D eigenvalue weighted by atomic mass is 10.1. The van der Waals surface area contributed by atoms with E-state index in [1.165, 1.54) is 6.20 Å². The molecule has 0 radical (unpaired) electrons. The smallest absolute Gasteiger partial charge is 0.339 e. The SMILES string of the molecule is COP(=O)(O)OC.Cc1ccn2c(C(=O)Nc3cc(-c4noc(CCC(C)C(F)(F)F)n4)ccc3C)cnc2c1. The molecule has 1 amide bonds. The predicted octanol–water partition coefficient (Wildman–Crippen LogP) is 5.76. The summed E-state index contributed by atoms with van der Waals surface area (Å²) in [5.74, 6) is -1.42. The number of amides is 1. The van der Waals surface area contributed by atoms with E-state index >= 15 is 0 Å². The van der Waals surface area contributed by atoms with E-state index in [4.69, 9.17) is 9.42 Å². The van der Waals surface area contributed by atoms with Crippen molar-refractivity contribution in [1.82, 2.24) is 19.5 Å². The van der Waals surface area contributed by atoms with E-state index in [9.17, 15) is 22.5 Å². The average Bonchev–Trinajstić information content (AvgIpc) is 3.55. The number of halogens is 3. The first-order chi connectivity index (χ1) is 18.7. The lowest BCUT2D eigenvalue weighted by molar-refractivity contribution is -0.171. The third kappa shape index (κ3) is 7.98. The number of phosphoric ester groups is 1. The monoisotopic (exact) mass is 583 g/mol. The van der Waals surface area contributed by atoms with Gasteiger partial charge in [-0.15, -0.1) is 0 Å². The number of carbonyl (C=O) groups is 1. The van der Waals surface area contributed by atoms with Gasteiger partial charge in [0.1, 0.15) is 11.3 Å². The number of nitrogens with one attached hydrogen (secondary N) is 1. The van der Waals surface area contributed by atoms with Gasteiger partial charge in [-0.2, -0.15) is 18.2 Å². The summed E-state index contributed by atoms with van der Waals surface area (Å²) < 4.78 is 63.0. The lowest BCUT2D eigenvalue weighted by Gasteiger charge is -2.13. The van der Waals surface area contributed by atoms with Crippen LogP contribution in [-0.4, -0.2) is 50.7 Å². The number of fused-ring (bicyclic) bond motifs is 1. The van der Waals surface area contributed by atoms with Crippen molar-refractivity contribution in [2.24, 2.45) is 5.92 Å². The Labute approximate surface area is 228 Å². The van der Waals surface area contributed by atoms with Gasteiger partial charge in [0.2, 0.25) is 11.7 Å². The number of nitrogens with zero attached hydrogens (tertiary/aromatic N) is 4. The molecule has 0 aliphatic rings. The molecule has 2 N–H and O–H groups in total. The number of aromatic nitrogens is 4. The van der Waals surface area contributed by atoms with Crippen LogP contribution in [0.1, 0.15) is 40.9 Å². The van der Waals surface area contributed by atoms with Crippen LogP contribution >= 0.6 is 7.82 Å². The van der Waals surface area contributed by atoms with Crippen molar-refractivity contribution in [1.29, 1.82) is 0 Å². The van der Waals surface area contributed by atoms with Gasteiger partial charge in [-0.05, 0) is 49.6 Å². The molecule has 0 aliphatic carbocycles. The third-order valence-corrected chi connectivity index (χ3v) is 6.85. The number of alkyl halides is 3. The van der Waals surface area contributed by atoms with E-state index in [-0.39, 0.29) is 30.5 Å². The van der Waals surface area contributed by atoms with Crippen molar-refractivity contribution in [3.8, 4) is 11.4 Å². The summed E-state index contributed by atoms with van der Waals surface area (Å²) in [6.07, 6.45) is -1.07. The number of phosphoric acid groups is 1. The Morgan fingerprint density at radius 1 is 1.20 bits per heavy atom. The molecule has 0 fully saturated rings. The van der Waals surface area contributed by atoms with Crippen molar-refractivity contribution in [2.45, 2.75) is 39.8 Å².